The van der Waals surface area contributed by atoms with Crippen molar-refractivity contribution in [2.45, 2.75) is 131 Å². The number of carbonyl (C=O) groups is 2. The summed E-state index contributed by atoms with van der Waals surface area (Å²) in [7, 11) is 0. The maximum absolute atomic E-state index is 12.6. The molecule has 0 aliphatic carbocycles. The second-order valence-electron chi connectivity index (χ2n) is 14.8. The number of amides is 2. The van der Waals surface area contributed by atoms with E-state index in [-0.39, 0.29) is 33.7 Å². The zero-order valence-corrected chi connectivity index (χ0v) is 26.4. The molecular weight excluding hydrogens is 484 g/mol. The standard InChI is InChI=1S/C34H50N2O3/c1-21-24(31(2,3)4)17-22(18-25(21)32(5,6)7)13-15-28(37)35-36-29(38)16-14-23-19-26(33(8,9)10)30-27(20-23)34(11,12)39-30/h17-20H,13-16H2,1-12H3,(H,35,37)(H,36,38). The van der Waals surface area contributed by atoms with Crippen LogP contribution >= 0.6 is 0 Å². The molecule has 5 nitrogen and oxygen atoms in total. The number of nitrogens with one attached hydrogen (secondary N) is 2. The third-order valence-corrected chi connectivity index (χ3v) is 7.67. The lowest BCUT2D eigenvalue weighted by molar-refractivity contribution is -0.128. The molecule has 1 heterocycles. The molecule has 214 valence electrons. The topological polar surface area (TPSA) is 67.4 Å². The maximum Gasteiger partial charge on any atom is 0.238 e. The lowest BCUT2D eigenvalue weighted by Crippen LogP contribution is -2.41. The molecule has 0 radical (unpaired) electrons. The molecule has 0 bridgehead atoms. The minimum absolute atomic E-state index is 0.0203. The molecule has 0 aromatic heterocycles. The van der Waals surface area contributed by atoms with Gasteiger partial charge in [0.1, 0.15) is 11.4 Å². The lowest BCUT2D eigenvalue weighted by Gasteiger charge is -2.42. The van der Waals surface area contributed by atoms with Crippen molar-refractivity contribution in [1.29, 1.82) is 0 Å². The van der Waals surface area contributed by atoms with Crippen LogP contribution in [0.1, 0.15) is 128 Å². The van der Waals surface area contributed by atoms with Crippen LogP contribution in [0.4, 0.5) is 0 Å². The molecule has 0 saturated heterocycles. The van der Waals surface area contributed by atoms with Crippen molar-refractivity contribution in [3.8, 4) is 5.75 Å². The molecule has 1 aliphatic heterocycles. The van der Waals surface area contributed by atoms with E-state index in [0.29, 0.717) is 25.7 Å². The number of rotatable bonds is 6. The summed E-state index contributed by atoms with van der Waals surface area (Å²) in [5.74, 6) is 0.596. The molecule has 2 N–H and O–H groups in total. The largest absolute Gasteiger partial charge is 0.482 e. The molecule has 39 heavy (non-hydrogen) atoms. The lowest BCUT2D eigenvalue weighted by atomic mass is 9.75. The molecule has 1 aliphatic rings. The summed E-state index contributed by atoms with van der Waals surface area (Å²) >= 11 is 0. The molecule has 2 aromatic rings. The third-order valence-electron chi connectivity index (χ3n) is 7.67. The number of hydrazine groups is 1. The second kappa shape index (κ2) is 10.6. The van der Waals surface area contributed by atoms with Gasteiger partial charge in [-0.1, -0.05) is 80.5 Å². The Balaban J connectivity index is 1.58. The van der Waals surface area contributed by atoms with Crippen LogP contribution in [-0.4, -0.2) is 11.8 Å². The smallest absolute Gasteiger partial charge is 0.238 e. The van der Waals surface area contributed by atoms with E-state index >= 15 is 0 Å². The number of aryl methyl sites for hydroxylation is 2. The summed E-state index contributed by atoms with van der Waals surface area (Å²) in [6, 6.07) is 8.78. The average molecular weight is 535 g/mol. The first-order valence-electron chi connectivity index (χ1n) is 14.3. The van der Waals surface area contributed by atoms with Gasteiger partial charge in [0.25, 0.3) is 0 Å². The predicted octanol–water partition coefficient (Wildman–Crippen LogP) is 7.23. The number of hydrogen-bond acceptors (Lipinski definition) is 3. The van der Waals surface area contributed by atoms with Crippen LogP contribution in [-0.2, 0) is 44.3 Å². The van der Waals surface area contributed by atoms with Crippen LogP contribution in [0.25, 0.3) is 0 Å². The summed E-state index contributed by atoms with van der Waals surface area (Å²) < 4.78 is 6.06. The highest BCUT2D eigenvalue weighted by Crippen LogP contribution is 2.49. The van der Waals surface area contributed by atoms with E-state index in [1.165, 1.54) is 27.8 Å². The van der Waals surface area contributed by atoms with E-state index in [1.807, 2.05) is 0 Å². The Morgan fingerprint density at radius 2 is 1.08 bits per heavy atom. The first-order chi connectivity index (χ1) is 17.7. The van der Waals surface area contributed by atoms with Crippen molar-refractivity contribution >= 4 is 11.8 Å². The SMILES string of the molecule is Cc1c(C(C)(C)C)cc(CCC(=O)NNC(=O)CCc2cc(C(C)(C)C)c3c(c2)C(C)(C)O3)cc1C(C)(C)C. The van der Waals surface area contributed by atoms with Gasteiger partial charge in [0, 0.05) is 24.0 Å². The van der Waals surface area contributed by atoms with Gasteiger partial charge in [-0.15, -0.1) is 0 Å². The van der Waals surface area contributed by atoms with Crippen molar-refractivity contribution in [1.82, 2.24) is 10.9 Å². The quantitative estimate of drug-likeness (QED) is 0.384. The van der Waals surface area contributed by atoms with Gasteiger partial charge in [-0.25, -0.2) is 0 Å². The number of hydrogen-bond donors (Lipinski definition) is 2. The Labute approximate surface area is 236 Å². The van der Waals surface area contributed by atoms with Gasteiger partial charge in [0.2, 0.25) is 11.8 Å². The highest BCUT2D eigenvalue weighted by atomic mass is 16.5. The minimum Gasteiger partial charge on any atom is -0.482 e. The third kappa shape index (κ3) is 7.23. The Morgan fingerprint density at radius 3 is 1.46 bits per heavy atom. The fourth-order valence-electron chi connectivity index (χ4n) is 5.47. The van der Waals surface area contributed by atoms with Gasteiger partial charge in [0.05, 0.1) is 0 Å². The maximum atomic E-state index is 12.6. The van der Waals surface area contributed by atoms with Gasteiger partial charge < -0.3 is 4.74 Å². The summed E-state index contributed by atoms with van der Waals surface area (Å²) in [5, 5.41) is 0. The number of fused-ring (bicyclic) bond motifs is 1. The van der Waals surface area contributed by atoms with Crippen molar-refractivity contribution in [3.63, 3.8) is 0 Å². The average Bonchev–Trinajstić information content (AvgIpc) is 2.78. The fourth-order valence-corrected chi connectivity index (χ4v) is 5.47. The van der Waals surface area contributed by atoms with Crippen molar-refractivity contribution in [2.75, 3.05) is 0 Å². The molecule has 2 amide bonds. The van der Waals surface area contributed by atoms with Crippen LogP contribution in [0.15, 0.2) is 24.3 Å². The van der Waals surface area contributed by atoms with E-state index in [4.69, 9.17) is 4.74 Å². The Morgan fingerprint density at radius 1 is 0.692 bits per heavy atom. The summed E-state index contributed by atoms with van der Waals surface area (Å²) in [6.07, 6.45) is 1.83. The monoisotopic (exact) mass is 534 g/mol. The molecule has 0 atom stereocenters. The first kappa shape index (κ1) is 30.7. The van der Waals surface area contributed by atoms with E-state index < -0.39 is 0 Å². The first-order valence-corrected chi connectivity index (χ1v) is 14.3. The molecular formula is C34H50N2O3. The van der Waals surface area contributed by atoms with Crippen molar-refractivity contribution in [2.24, 2.45) is 0 Å². The van der Waals surface area contributed by atoms with Crippen LogP contribution < -0.4 is 15.6 Å². The van der Waals surface area contributed by atoms with E-state index in [1.54, 1.807) is 0 Å². The minimum atomic E-state index is -0.305. The van der Waals surface area contributed by atoms with Gasteiger partial charge in [0.15, 0.2) is 0 Å². The Bertz CT molecular complexity index is 1220. The molecule has 3 rings (SSSR count). The summed E-state index contributed by atoms with van der Waals surface area (Å²) in [5.41, 5.74) is 13.5. The highest BCUT2D eigenvalue weighted by Gasteiger charge is 2.40. The Kier molecular flexibility index (Phi) is 8.37. The molecule has 0 saturated carbocycles. The normalized spacial score (nSPS) is 14.7. The molecule has 0 fully saturated rings. The van der Waals surface area contributed by atoms with Gasteiger partial charge in [-0.05, 0) is 83.7 Å². The summed E-state index contributed by atoms with van der Waals surface area (Å²) in [4.78, 5) is 25.2. The number of carbonyl (C=O) groups excluding carboxylic acids is 2. The molecule has 0 spiro atoms. The number of ether oxygens (including phenoxy) is 1. The zero-order chi connectivity index (χ0) is 29.6. The van der Waals surface area contributed by atoms with Gasteiger partial charge in [-0.3, -0.25) is 20.4 Å². The predicted molar refractivity (Wildman–Crippen MR) is 160 cm³/mol. The van der Waals surface area contributed by atoms with Crippen molar-refractivity contribution < 1.29 is 14.3 Å². The van der Waals surface area contributed by atoms with Crippen molar-refractivity contribution in [3.05, 3.63) is 63.2 Å². The van der Waals surface area contributed by atoms with Crippen LogP contribution in [0.2, 0.25) is 0 Å². The van der Waals surface area contributed by atoms with E-state index in [0.717, 1.165) is 16.9 Å². The van der Waals surface area contributed by atoms with Crippen LogP contribution in [0.5, 0.6) is 5.75 Å². The van der Waals surface area contributed by atoms with E-state index in [2.05, 4.69) is 118 Å². The highest BCUT2D eigenvalue weighted by molar-refractivity contribution is 5.82. The Hall–Kier alpha value is -2.82. The summed E-state index contributed by atoms with van der Waals surface area (Å²) in [6.45, 7) is 26.2. The second-order valence-corrected chi connectivity index (χ2v) is 14.8. The van der Waals surface area contributed by atoms with E-state index in [9.17, 15) is 9.59 Å². The zero-order valence-electron chi connectivity index (χ0n) is 26.4. The van der Waals surface area contributed by atoms with Gasteiger partial charge >= 0.3 is 0 Å². The fraction of sp³-hybridized carbons (Fsp3) is 0.588. The molecule has 5 heteroatoms. The molecule has 0 unspecified atom stereocenters. The van der Waals surface area contributed by atoms with Crippen LogP contribution in [0, 0.1) is 6.92 Å². The van der Waals surface area contributed by atoms with Crippen LogP contribution in [0.3, 0.4) is 0 Å². The number of benzene rings is 2. The van der Waals surface area contributed by atoms with Gasteiger partial charge in [-0.2, -0.15) is 0 Å². The molecule has 2 aromatic carbocycles.